The van der Waals surface area contributed by atoms with Gasteiger partial charge in [-0.05, 0) is 5.54 Å². The van der Waals surface area contributed by atoms with Gasteiger partial charge in [-0.2, -0.15) is 0 Å². The minimum atomic E-state index is -1.18. The summed E-state index contributed by atoms with van der Waals surface area (Å²) in [6, 6.07) is 11.2. The summed E-state index contributed by atoms with van der Waals surface area (Å²) in [4.78, 5) is 0. The van der Waals surface area contributed by atoms with Gasteiger partial charge in [-0.1, -0.05) is 80.7 Å². The van der Waals surface area contributed by atoms with Gasteiger partial charge >= 0.3 is 0 Å². The second kappa shape index (κ2) is 4.52. The van der Waals surface area contributed by atoms with Gasteiger partial charge in [0.25, 0.3) is 0 Å². The molecule has 0 aliphatic heterocycles. The first-order valence-corrected chi connectivity index (χ1v) is 9.34. The molecular weight excluding hydrogens is 196 g/mol. The molecule has 1 aliphatic rings. The maximum absolute atomic E-state index is 2.55. The molecule has 1 aromatic carbocycles. The molecule has 1 heteroatoms. The van der Waals surface area contributed by atoms with Crippen LogP contribution in [0.25, 0.3) is 0 Å². The normalized spacial score (nSPS) is 19.1. The van der Waals surface area contributed by atoms with Crippen LogP contribution in [0.2, 0.25) is 18.6 Å². The summed E-state index contributed by atoms with van der Waals surface area (Å²) < 4.78 is 0. The lowest BCUT2D eigenvalue weighted by atomic mass is 10.0. The van der Waals surface area contributed by atoms with E-state index in [1.165, 1.54) is 32.1 Å². The third-order valence-corrected chi connectivity index (χ3v) is 8.58. The molecule has 1 aliphatic carbocycles. The number of hydrogen-bond acceptors (Lipinski definition) is 0. The molecule has 82 valence electrons. The zero-order chi connectivity index (χ0) is 10.7. The van der Waals surface area contributed by atoms with Crippen molar-refractivity contribution in [2.45, 2.75) is 50.7 Å². The summed E-state index contributed by atoms with van der Waals surface area (Å²) in [7, 11) is -1.18. The molecule has 1 saturated carbocycles. The van der Waals surface area contributed by atoms with Crippen molar-refractivity contribution in [3.05, 3.63) is 30.3 Å². The van der Waals surface area contributed by atoms with Gasteiger partial charge in [0.05, 0.1) is 8.07 Å². The van der Waals surface area contributed by atoms with Crippen LogP contribution in [0.5, 0.6) is 0 Å². The molecular formula is C14H22Si. The zero-order valence-electron chi connectivity index (χ0n) is 10.00. The van der Waals surface area contributed by atoms with Crippen molar-refractivity contribution in [3.8, 4) is 0 Å². The van der Waals surface area contributed by atoms with E-state index in [0.717, 1.165) is 5.54 Å². The van der Waals surface area contributed by atoms with Gasteiger partial charge < -0.3 is 0 Å². The molecule has 0 radical (unpaired) electrons. The fraction of sp³-hybridized carbons (Fsp3) is 0.571. The fourth-order valence-corrected chi connectivity index (χ4v) is 6.30. The average Bonchev–Trinajstić information content (AvgIpc) is 2.31. The lowest BCUT2D eigenvalue weighted by Gasteiger charge is -2.35. The average molecular weight is 218 g/mol. The van der Waals surface area contributed by atoms with E-state index in [-0.39, 0.29) is 0 Å². The van der Waals surface area contributed by atoms with Gasteiger partial charge in [-0.3, -0.25) is 0 Å². The first-order valence-electron chi connectivity index (χ1n) is 6.27. The maximum Gasteiger partial charge on any atom is 0.0836 e. The van der Waals surface area contributed by atoms with Crippen molar-refractivity contribution >= 4 is 13.3 Å². The Balaban J connectivity index is 2.18. The van der Waals surface area contributed by atoms with E-state index in [1.54, 1.807) is 5.19 Å². The van der Waals surface area contributed by atoms with Crippen LogP contribution in [-0.2, 0) is 0 Å². The Morgan fingerprint density at radius 1 is 0.933 bits per heavy atom. The lowest BCUT2D eigenvalue weighted by Crippen LogP contribution is -2.46. The molecule has 0 atom stereocenters. The summed E-state index contributed by atoms with van der Waals surface area (Å²) >= 11 is 0. The van der Waals surface area contributed by atoms with Gasteiger partial charge in [0.1, 0.15) is 0 Å². The predicted molar refractivity (Wildman–Crippen MR) is 70.4 cm³/mol. The van der Waals surface area contributed by atoms with E-state index in [4.69, 9.17) is 0 Å². The van der Waals surface area contributed by atoms with Crippen molar-refractivity contribution in [2.24, 2.45) is 0 Å². The van der Waals surface area contributed by atoms with Gasteiger partial charge in [0.15, 0.2) is 0 Å². The highest BCUT2D eigenvalue weighted by molar-refractivity contribution is 6.91. The highest BCUT2D eigenvalue weighted by Gasteiger charge is 2.33. The fourth-order valence-electron chi connectivity index (χ4n) is 2.93. The van der Waals surface area contributed by atoms with Crippen LogP contribution in [-0.4, -0.2) is 8.07 Å². The molecule has 0 bridgehead atoms. The Hall–Kier alpha value is -0.563. The summed E-state index contributed by atoms with van der Waals surface area (Å²) in [5.74, 6) is 0. The molecule has 0 spiro atoms. The van der Waals surface area contributed by atoms with Crippen molar-refractivity contribution < 1.29 is 0 Å². The van der Waals surface area contributed by atoms with E-state index in [9.17, 15) is 0 Å². The van der Waals surface area contributed by atoms with Gasteiger partial charge in [-0.15, -0.1) is 0 Å². The highest BCUT2D eigenvalue weighted by Crippen LogP contribution is 2.36. The molecule has 0 unspecified atom stereocenters. The standard InChI is InChI=1S/C14H22Si/c1-15(2,13-9-5-3-6-10-13)14-11-7-4-8-12-14/h3,5-6,9-10,14H,4,7-8,11-12H2,1-2H3. The predicted octanol–water partition coefficient (Wildman–Crippen LogP) is 3.94. The monoisotopic (exact) mass is 218 g/mol. The summed E-state index contributed by atoms with van der Waals surface area (Å²) in [6.07, 6.45) is 7.36. The Labute approximate surface area is 94.7 Å². The molecule has 0 aromatic heterocycles. The molecule has 1 aromatic rings. The molecule has 0 nitrogen and oxygen atoms in total. The smallest absolute Gasteiger partial charge is 0.0652 e. The largest absolute Gasteiger partial charge is 0.0836 e. The summed E-state index contributed by atoms with van der Waals surface area (Å²) in [5, 5.41) is 1.65. The minimum Gasteiger partial charge on any atom is -0.0652 e. The number of hydrogen-bond donors (Lipinski definition) is 0. The quantitative estimate of drug-likeness (QED) is 0.660. The first kappa shape index (κ1) is 10.9. The molecule has 0 amide bonds. The van der Waals surface area contributed by atoms with Gasteiger partial charge in [0.2, 0.25) is 0 Å². The van der Waals surface area contributed by atoms with Crippen LogP contribution in [0.15, 0.2) is 30.3 Å². The Bertz CT molecular complexity index is 296. The maximum atomic E-state index is 2.55. The van der Waals surface area contributed by atoms with Crippen LogP contribution in [0.4, 0.5) is 0 Å². The van der Waals surface area contributed by atoms with E-state index < -0.39 is 8.07 Å². The Morgan fingerprint density at radius 3 is 2.13 bits per heavy atom. The minimum absolute atomic E-state index is 1.02. The van der Waals surface area contributed by atoms with Gasteiger partial charge in [0, 0.05) is 0 Å². The van der Waals surface area contributed by atoms with Crippen LogP contribution in [0.3, 0.4) is 0 Å². The number of benzene rings is 1. The lowest BCUT2D eigenvalue weighted by molar-refractivity contribution is 0.494. The van der Waals surface area contributed by atoms with E-state index >= 15 is 0 Å². The Kier molecular flexibility index (Phi) is 3.30. The second-order valence-electron chi connectivity index (χ2n) is 5.42. The van der Waals surface area contributed by atoms with Crippen molar-refractivity contribution in [1.29, 1.82) is 0 Å². The van der Waals surface area contributed by atoms with Crippen molar-refractivity contribution in [1.82, 2.24) is 0 Å². The second-order valence-corrected chi connectivity index (χ2v) is 10.3. The van der Waals surface area contributed by atoms with Crippen LogP contribution >= 0.6 is 0 Å². The van der Waals surface area contributed by atoms with E-state index in [0.29, 0.717) is 0 Å². The zero-order valence-corrected chi connectivity index (χ0v) is 11.0. The molecule has 1 fully saturated rings. The molecule has 15 heavy (non-hydrogen) atoms. The first-order chi connectivity index (χ1) is 7.21. The molecule has 2 rings (SSSR count). The third-order valence-electron chi connectivity index (χ3n) is 4.14. The van der Waals surface area contributed by atoms with Crippen LogP contribution < -0.4 is 5.19 Å². The summed E-state index contributed by atoms with van der Waals surface area (Å²) in [6.45, 7) is 5.11. The molecule has 0 saturated heterocycles. The van der Waals surface area contributed by atoms with E-state index in [2.05, 4.69) is 43.4 Å². The van der Waals surface area contributed by atoms with Crippen molar-refractivity contribution in [3.63, 3.8) is 0 Å². The topological polar surface area (TPSA) is 0 Å². The molecule has 0 heterocycles. The number of rotatable bonds is 2. The van der Waals surface area contributed by atoms with Crippen LogP contribution in [0, 0.1) is 0 Å². The molecule has 0 N–H and O–H groups in total. The SMILES string of the molecule is C[Si](C)(c1ccccc1)C1CCCCC1. The Morgan fingerprint density at radius 2 is 1.53 bits per heavy atom. The van der Waals surface area contributed by atoms with Gasteiger partial charge in [-0.25, -0.2) is 0 Å². The third kappa shape index (κ3) is 2.33. The van der Waals surface area contributed by atoms with Crippen molar-refractivity contribution in [2.75, 3.05) is 0 Å². The summed E-state index contributed by atoms with van der Waals surface area (Å²) in [5.41, 5.74) is 1.02. The highest BCUT2D eigenvalue weighted by atomic mass is 28.3. The van der Waals surface area contributed by atoms with E-state index in [1.807, 2.05) is 0 Å². The van der Waals surface area contributed by atoms with Crippen LogP contribution in [0.1, 0.15) is 32.1 Å².